The number of ether oxygens (including phenoxy) is 1. The van der Waals surface area contributed by atoms with Crippen LogP contribution >= 0.6 is 0 Å². The maximum absolute atomic E-state index is 14.1. The van der Waals surface area contributed by atoms with Crippen LogP contribution in [0.4, 0.5) is 8.78 Å². The van der Waals surface area contributed by atoms with Crippen LogP contribution in [0.25, 0.3) is 11.1 Å². The van der Waals surface area contributed by atoms with Crippen molar-refractivity contribution in [3.05, 3.63) is 53.6 Å². The van der Waals surface area contributed by atoms with Crippen LogP contribution in [0.2, 0.25) is 0 Å². The number of fused-ring (bicyclic) bond motifs is 3. The van der Waals surface area contributed by atoms with E-state index in [2.05, 4.69) is 19.1 Å². The summed E-state index contributed by atoms with van der Waals surface area (Å²) >= 11 is 0. The summed E-state index contributed by atoms with van der Waals surface area (Å²) in [5.74, 6) is -1.59. The minimum Gasteiger partial charge on any atom is -0.488 e. The molecule has 3 heteroatoms. The fourth-order valence-electron chi connectivity index (χ4n) is 4.83. The van der Waals surface area contributed by atoms with Gasteiger partial charge in [0, 0.05) is 0 Å². The van der Waals surface area contributed by atoms with Crippen LogP contribution in [-0.2, 0) is 5.41 Å². The highest BCUT2D eigenvalue weighted by Crippen LogP contribution is 2.57. The Morgan fingerprint density at radius 3 is 1.88 bits per heavy atom. The van der Waals surface area contributed by atoms with Crippen LogP contribution in [0, 0.1) is 17.0 Å². The molecule has 26 heavy (non-hydrogen) atoms. The first-order valence-corrected chi connectivity index (χ1v) is 9.68. The van der Waals surface area contributed by atoms with Gasteiger partial charge in [-0.3, -0.25) is 0 Å². The highest BCUT2D eigenvalue weighted by Gasteiger charge is 2.46. The third-order valence-corrected chi connectivity index (χ3v) is 6.74. The molecule has 0 spiro atoms. The van der Waals surface area contributed by atoms with Crippen LogP contribution in [-0.4, -0.2) is 6.61 Å². The minimum atomic E-state index is -0.650. The molecule has 0 aromatic heterocycles. The van der Waals surface area contributed by atoms with Gasteiger partial charge in [0.15, 0.2) is 17.4 Å². The molecule has 0 amide bonds. The van der Waals surface area contributed by atoms with Crippen LogP contribution < -0.4 is 4.74 Å². The van der Waals surface area contributed by atoms with Crippen molar-refractivity contribution >= 4 is 0 Å². The Bertz CT molecular complexity index is 762. The first kappa shape index (κ1) is 17.5. The summed E-state index contributed by atoms with van der Waals surface area (Å²) < 4.78 is 33.3. The fourth-order valence-corrected chi connectivity index (χ4v) is 4.83. The van der Waals surface area contributed by atoms with Gasteiger partial charge in [-0.05, 0) is 85.1 Å². The van der Waals surface area contributed by atoms with Gasteiger partial charge >= 0.3 is 0 Å². The lowest BCUT2D eigenvalue weighted by atomic mass is 9.52. The number of hydrogen-bond acceptors (Lipinski definition) is 1. The maximum atomic E-state index is 14.1. The predicted octanol–water partition coefficient (Wildman–Crippen LogP) is 6.64. The standard InChI is InChI=1S/C23H26F2O/c1-3-26-21-19(24)14-17(15-20(21)25)16-4-6-18(7-5-16)23-11-8-22(2,9-12-23)10-13-23/h4-7,14-15H,3,8-13H2,1-2H3. The van der Waals surface area contributed by atoms with Gasteiger partial charge in [-0.15, -0.1) is 0 Å². The molecule has 2 aromatic carbocycles. The zero-order valence-electron chi connectivity index (χ0n) is 15.6. The molecule has 0 N–H and O–H groups in total. The van der Waals surface area contributed by atoms with Crippen molar-refractivity contribution in [2.45, 2.75) is 57.8 Å². The van der Waals surface area contributed by atoms with Crippen molar-refractivity contribution in [3.63, 3.8) is 0 Å². The van der Waals surface area contributed by atoms with E-state index < -0.39 is 11.6 Å². The van der Waals surface area contributed by atoms with Crippen LogP contribution in [0.1, 0.15) is 57.9 Å². The second kappa shape index (κ2) is 6.37. The average Bonchev–Trinajstić information content (AvgIpc) is 2.66. The van der Waals surface area contributed by atoms with E-state index in [1.807, 2.05) is 12.1 Å². The van der Waals surface area contributed by atoms with E-state index >= 15 is 0 Å². The molecule has 0 radical (unpaired) electrons. The van der Waals surface area contributed by atoms with Gasteiger partial charge in [0.25, 0.3) is 0 Å². The summed E-state index contributed by atoms with van der Waals surface area (Å²) in [4.78, 5) is 0. The van der Waals surface area contributed by atoms with Crippen molar-refractivity contribution in [2.75, 3.05) is 6.61 Å². The molecular weight excluding hydrogens is 330 g/mol. The van der Waals surface area contributed by atoms with Gasteiger partial charge in [0.1, 0.15) is 0 Å². The third-order valence-electron chi connectivity index (χ3n) is 6.74. The Labute approximate surface area is 154 Å². The summed E-state index contributed by atoms with van der Waals surface area (Å²) in [7, 11) is 0. The molecular formula is C23H26F2O. The molecule has 5 rings (SSSR count). The fraction of sp³-hybridized carbons (Fsp3) is 0.478. The first-order chi connectivity index (χ1) is 12.4. The van der Waals surface area contributed by atoms with E-state index in [4.69, 9.17) is 4.74 Å². The van der Waals surface area contributed by atoms with Gasteiger partial charge < -0.3 is 4.74 Å². The lowest BCUT2D eigenvalue weighted by Gasteiger charge is -2.52. The topological polar surface area (TPSA) is 9.23 Å². The van der Waals surface area contributed by atoms with Gasteiger partial charge in [-0.1, -0.05) is 31.2 Å². The summed E-state index contributed by atoms with van der Waals surface area (Å²) in [5, 5.41) is 0. The molecule has 3 aliphatic carbocycles. The summed E-state index contributed by atoms with van der Waals surface area (Å²) in [6, 6.07) is 11.0. The molecule has 0 aliphatic heterocycles. The van der Waals surface area contributed by atoms with Crippen molar-refractivity contribution in [1.82, 2.24) is 0 Å². The molecule has 3 fully saturated rings. The second-order valence-electron chi connectivity index (χ2n) is 8.37. The van der Waals surface area contributed by atoms with E-state index in [1.165, 1.54) is 56.2 Å². The van der Waals surface area contributed by atoms with Gasteiger partial charge in [0.05, 0.1) is 6.61 Å². The zero-order valence-corrected chi connectivity index (χ0v) is 15.6. The Balaban J connectivity index is 1.61. The molecule has 0 heterocycles. The molecule has 138 valence electrons. The molecule has 2 aromatic rings. The monoisotopic (exact) mass is 356 g/mol. The molecule has 0 atom stereocenters. The van der Waals surface area contributed by atoms with E-state index in [1.54, 1.807) is 6.92 Å². The molecule has 3 aliphatic rings. The average molecular weight is 356 g/mol. The number of benzene rings is 2. The lowest BCUT2D eigenvalue weighted by Crippen LogP contribution is -2.42. The van der Waals surface area contributed by atoms with Gasteiger partial charge in [-0.25, -0.2) is 8.78 Å². The molecule has 1 nitrogen and oxygen atoms in total. The van der Waals surface area contributed by atoms with Crippen LogP contribution in [0.15, 0.2) is 36.4 Å². The number of rotatable bonds is 4. The van der Waals surface area contributed by atoms with Crippen molar-refractivity contribution in [3.8, 4) is 16.9 Å². The van der Waals surface area contributed by atoms with Gasteiger partial charge in [0.2, 0.25) is 0 Å². The second-order valence-corrected chi connectivity index (χ2v) is 8.37. The largest absolute Gasteiger partial charge is 0.488 e. The van der Waals surface area contributed by atoms with E-state index in [0.29, 0.717) is 16.4 Å². The Morgan fingerprint density at radius 2 is 1.38 bits per heavy atom. The van der Waals surface area contributed by atoms with Crippen LogP contribution in [0.3, 0.4) is 0 Å². The van der Waals surface area contributed by atoms with E-state index in [0.717, 1.165) is 5.56 Å². The normalized spacial score (nSPS) is 27.5. The highest BCUT2D eigenvalue weighted by molar-refractivity contribution is 5.65. The van der Waals surface area contributed by atoms with E-state index in [9.17, 15) is 8.78 Å². The quantitative estimate of drug-likeness (QED) is 0.596. The highest BCUT2D eigenvalue weighted by atomic mass is 19.1. The SMILES string of the molecule is CCOc1c(F)cc(-c2ccc(C34CCC(C)(CC3)CC4)cc2)cc1F. The van der Waals surface area contributed by atoms with Crippen LogP contribution in [0.5, 0.6) is 5.75 Å². The third kappa shape index (κ3) is 2.91. The lowest BCUT2D eigenvalue weighted by molar-refractivity contribution is 0.0556. The number of halogens is 2. The summed E-state index contributed by atoms with van der Waals surface area (Å²) in [5.41, 5.74) is 3.63. The van der Waals surface area contributed by atoms with Gasteiger partial charge in [-0.2, -0.15) is 0 Å². The Kier molecular flexibility index (Phi) is 4.29. The molecule has 2 bridgehead atoms. The molecule has 3 saturated carbocycles. The van der Waals surface area contributed by atoms with Crippen molar-refractivity contribution < 1.29 is 13.5 Å². The number of hydrogen-bond donors (Lipinski definition) is 0. The summed E-state index contributed by atoms with van der Waals surface area (Å²) in [6.45, 7) is 4.38. The molecule has 0 saturated heterocycles. The Hall–Kier alpha value is -1.90. The Morgan fingerprint density at radius 1 is 0.846 bits per heavy atom. The van der Waals surface area contributed by atoms with E-state index in [-0.39, 0.29) is 12.4 Å². The predicted molar refractivity (Wildman–Crippen MR) is 100 cm³/mol. The molecule has 0 unspecified atom stereocenters. The maximum Gasteiger partial charge on any atom is 0.190 e. The summed E-state index contributed by atoms with van der Waals surface area (Å²) in [6.07, 6.45) is 7.71. The first-order valence-electron chi connectivity index (χ1n) is 9.68. The smallest absolute Gasteiger partial charge is 0.190 e. The zero-order chi connectivity index (χ0) is 18.4. The minimum absolute atomic E-state index is 0.239. The van der Waals surface area contributed by atoms with Crippen molar-refractivity contribution in [1.29, 1.82) is 0 Å². The van der Waals surface area contributed by atoms with Crippen molar-refractivity contribution in [2.24, 2.45) is 5.41 Å².